The number of hydrogen-bond acceptors (Lipinski definition) is 4. The fourth-order valence-corrected chi connectivity index (χ4v) is 4.50. The Morgan fingerprint density at radius 1 is 1.15 bits per heavy atom. The molecule has 5 nitrogen and oxygen atoms in total. The van der Waals surface area contributed by atoms with Gasteiger partial charge in [-0.25, -0.2) is 9.97 Å². The summed E-state index contributed by atoms with van der Waals surface area (Å²) in [6.45, 7) is 3.07. The third kappa shape index (κ3) is 5.54. The third-order valence-electron chi connectivity index (χ3n) is 5.16. The molecule has 0 N–H and O–H groups in total. The molecule has 1 amide bonds. The molecular weight excluding hydrogens is 473 g/mol. The molecule has 0 saturated heterocycles. The van der Waals surface area contributed by atoms with Gasteiger partial charge in [0.1, 0.15) is 0 Å². The Morgan fingerprint density at radius 3 is 2.55 bits per heavy atom. The topological polar surface area (TPSA) is 51.0 Å². The molecule has 4 aromatic rings. The molecule has 0 unspecified atom stereocenters. The number of para-hydroxylation sites is 1. The zero-order chi connectivity index (χ0) is 22.7. The van der Waals surface area contributed by atoms with Crippen LogP contribution in [0.4, 0.5) is 18.3 Å². The zero-order valence-electron chi connectivity index (χ0n) is 17.7. The van der Waals surface area contributed by atoms with Gasteiger partial charge in [-0.1, -0.05) is 30.4 Å². The normalized spacial score (nSPS) is 11.4. The highest BCUT2D eigenvalue weighted by Crippen LogP contribution is 2.33. The molecule has 0 aliphatic heterocycles. The molecule has 10 heteroatoms. The number of amides is 1. The van der Waals surface area contributed by atoms with Crippen molar-refractivity contribution in [2.24, 2.45) is 0 Å². The van der Waals surface area contributed by atoms with E-state index < -0.39 is 11.7 Å². The first-order valence-corrected chi connectivity index (χ1v) is 11.0. The Labute approximate surface area is 199 Å². The number of rotatable bonds is 7. The number of benzene rings is 2. The van der Waals surface area contributed by atoms with Gasteiger partial charge < -0.3 is 4.57 Å². The summed E-state index contributed by atoms with van der Waals surface area (Å²) in [5.41, 5.74) is 1.35. The van der Waals surface area contributed by atoms with E-state index in [0.29, 0.717) is 24.6 Å². The van der Waals surface area contributed by atoms with Crippen LogP contribution in [-0.4, -0.2) is 27.0 Å². The van der Waals surface area contributed by atoms with E-state index in [1.807, 2.05) is 35.9 Å². The Bertz CT molecular complexity index is 1210. The number of thiazole rings is 1. The Morgan fingerprint density at radius 2 is 1.91 bits per heavy atom. The van der Waals surface area contributed by atoms with Crippen molar-refractivity contribution >= 4 is 45.0 Å². The molecule has 2 aromatic carbocycles. The Kier molecular flexibility index (Phi) is 7.76. The molecule has 0 spiro atoms. The second-order valence-corrected chi connectivity index (χ2v) is 8.31. The highest BCUT2D eigenvalue weighted by Gasteiger charge is 2.30. The Balaban J connectivity index is 0.00000306. The van der Waals surface area contributed by atoms with Crippen molar-refractivity contribution in [3.8, 4) is 0 Å². The lowest BCUT2D eigenvalue weighted by Gasteiger charge is -2.20. The van der Waals surface area contributed by atoms with Gasteiger partial charge in [0, 0.05) is 31.0 Å². The van der Waals surface area contributed by atoms with Crippen molar-refractivity contribution in [3.63, 3.8) is 0 Å². The average molecular weight is 495 g/mol. The number of aryl methyl sites for hydroxylation is 2. The molecular formula is C23H22ClF3N4OS. The summed E-state index contributed by atoms with van der Waals surface area (Å²) < 4.78 is 41.7. The van der Waals surface area contributed by atoms with Crippen LogP contribution in [0.1, 0.15) is 34.8 Å². The van der Waals surface area contributed by atoms with E-state index in [0.717, 1.165) is 34.3 Å². The second-order valence-electron chi connectivity index (χ2n) is 7.30. The second kappa shape index (κ2) is 10.4. The zero-order valence-corrected chi connectivity index (χ0v) is 19.4. The van der Waals surface area contributed by atoms with E-state index >= 15 is 0 Å². The van der Waals surface area contributed by atoms with Crippen LogP contribution in [0.5, 0.6) is 0 Å². The monoisotopic (exact) mass is 494 g/mol. The summed E-state index contributed by atoms with van der Waals surface area (Å²) in [5, 5.41) is 0.538. The quantitative estimate of drug-likeness (QED) is 0.306. The lowest BCUT2D eigenvalue weighted by atomic mass is 10.1. The van der Waals surface area contributed by atoms with Crippen molar-refractivity contribution in [2.45, 2.75) is 32.5 Å². The van der Waals surface area contributed by atoms with Crippen molar-refractivity contribution < 1.29 is 18.0 Å². The number of carbonyl (C=O) groups excluding carboxylic acids is 1. The van der Waals surface area contributed by atoms with Crippen LogP contribution in [0, 0.1) is 0 Å². The summed E-state index contributed by atoms with van der Waals surface area (Å²) in [6, 6.07) is 10.2. The van der Waals surface area contributed by atoms with Gasteiger partial charge in [0.05, 0.1) is 22.1 Å². The van der Waals surface area contributed by atoms with E-state index in [-0.39, 0.29) is 23.9 Å². The molecule has 4 rings (SSSR count). The summed E-state index contributed by atoms with van der Waals surface area (Å²) in [7, 11) is 0. The molecule has 174 valence electrons. The Hall–Kier alpha value is -2.91. The van der Waals surface area contributed by atoms with Gasteiger partial charge in [-0.2, -0.15) is 13.2 Å². The first-order valence-electron chi connectivity index (χ1n) is 10.2. The number of hydrogen-bond donors (Lipinski definition) is 0. The molecule has 0 saturated carbocycles. The lowest BCUT2D eigenvalue weighted by Crippen LogP contribution is -2.32. The number of carbonyl (C=O) groups is 1. The van der Waals surface area contributed by atoms with Crippen molar-refractivity contribution in [3.05, 3.63) is 77.9 Å². The summed E-state index contributed by atoms with van der Waals surface area (Å²) in [4.78, 5) is 23.6. The molecule has 2 aromatic heterocycles. The largest absolute Gasteiger partial charge is 0.416 e. The number of fused-ring (bicyclic) bond motifs is 1. The average Bonchev–Trinajstić information content (AvgIpc) is 3.45. The number of halogens is 4. The number of aromatic nitrogens is 3. The smallest absolute Gasteiger partial charge is 0.337 e. The van der Waals surface area contributed by atoms with Gasteiger partial charge in [0.25, 0.3) is 5.91 Å². The van der Waals surface area contributed by atoms with Gasteiger partial charge in [-0.15, -0.1) is 12.4 Å². The minimum Gasteiger partial charge on any atom is -0.337 e. The van der Waals surface area contributed by atoms with Crippen LogP contribution >= 0.6 is 23.7 Å². The number of anilines is 1. The minimum absolute atomic E-state index is 0. The number of nitrogens with zero attached hydrogens (tertiary/aromatic N) is 4. The standard InChI is InChI=1S/C23H21F3N4OS.ClH/c1-2-16-5-3-6-19-20(16)28-22(32-19)30(13-4-12-29-14-11-27-15-29)21(31)17-7-9-18(10-8-17)23(24,25)26;/h3,5-11,14-15H,2,4,12-13H2,1H3;1H. The summed E-state index contributed by atoms with van der Waals surface area (Å²) in [6.07, 6.45) is 2.23. The third-order valence-corrected chi connectivity index (χ3v) is 6.21. The molecule has 0 aliphatic carbocycles. The number of imidazole rings is 1. The van der Waals surface area contributed by atoms with Crippen LogP contribution in [0.2, 0.25) is 0 Å². The number of alkyl halides is 3. The molecule has 0 aliphatic rings. The maximum Gasteiger partial charge on any atom is 0.416 e. The van der Waals surface area contributed by atoms with Gasteiger partial charge in [-0.3, -0.25) is 9.69 Å². The van der Waals surface area contributed by atoms with Crippen molar-refractivity contribution in [2.75, 3.05) is 11.4 Å². The molecule has 0 bridgehead atoms. The van der Waals surface area contributed by atoms with Crippen LogP contribution in [-0.2, 0) is 19.1 Å². The lowest BCUT2D eigenvalue weighted by molar-refractivity contribution is -0.137. The maximum absolute atomic E-state index is 13.3. The highest BCUT2D eigenvalue weighted by molar-refractivity contribution is 7.22. The van der Waals surface area contributed by atoms with Crippen LogP contribution < -0.4 is 4.90 Å². The van der Waals surface area contributed by atoms with Crippen LogP contribution in [0.25, 0.3) is 10.2 Å². The first kappa shape index (κ1) is 24.7. The van der Waals surface area contributed by atoms with Crippen molar-refractivity contribution in [1.29, 1.82) is 0 Å². The van der Waals surface area contributed by atoms with E-state index in [4.69, 9.17) is 4.98 Å². The first-order chi connectivity index (χ1) is 15.4. The summed E-state index contributed by atoms with van der Waals surface area (Å²) in [5.74, 6) is -0.374. The molecule has 0 radical (unpaired) electrons. The maximum atomic E-state index is 13.3. The highest BCUT2D eigenvalue weighted by atomic mass is 35.5. The SMILES string of the molecule is CCc1cccc2sc(N(CCCn3ccnc3)C(=O)c3ccc(C(F)(F)F)cc3)nc12.Cl. The van der Waals surface area contributed by atoms with Gasteiger partial charge in [-0.05, 0) is 48.7 Å². The van der Waals surface area contributed by atoms with Gasteiger partial charge in [0.15, 0.2) is 5.13 Å². The van der Waals surface area contributed by atoms with Crippen LogP contribution in [0.15, 0.2) is 61.2 Å². The van der Waals surface area contributed by atoms with Crippen LogP contribution in [0.3, 0.4) is 0 Å². The van der Waals surface area contributed by atoms with Gasteiger partial charge >= 0.3 is 6.18 Å². The fourth-order valence-electron chi connectivity index (χ4n) is 3.47. The van der Waals surface area contributed by atoms with Crippen molar-refractivity contribution in [1.82, 2.24) is 14.5 Å². The predicted molar refractivity (Wildman–Crippen MR) is 126 cm³/mol. The van der Waals surface area contributed by atoms with E-state index in [1.165, 1.54) is 23.5 Å². The van der Waals surface area contributed by atoms with E-state index in [2.05, 4.69) is 4.98 Å². The predicted octanol–water partition coefficient (Wildman–Crippen LogP) is 6.23. The molecule has 33 heavy (non-hydrogen) atoms. The summed E-state index contributed by atoms with van der Waals surface area (Å²) >= 11 is 1.41. The molecule has 2 heterocycles. The minimum atomic E-state index is -4.45. The fraction of sp³-hybridized carbons (Fsp3) is 0.261. The van der Waals surface area contributed by atoms with E-state index in [1.54, 1.807) is 17.4 Å². The molecule has 0 atom stereocenters. The molecule has 0 fully saturated rings. The van der Waals surface area contributed by atoms with E-state index in [9.17, 15) is 18.0 Å². The van der Waals surface area contributed by atoms with Gasteiger partial charge in [0.2, 0.25) is 0 Å².